The fraction of sp³-hybridized carbons (Fsp3) is 0.556. The predicted molar refractivity (Wildman–Crippen MR) is 57.3 cm³/mol. The van der Waals surface area contributed by atoms with Gasteiger partial charge >= 0.3 is 0 Å². The van der Waals surface area contributed by atoms with Gasteiger partial charge in [0.15, 0.2) is 5.82 Å². The lowest BCUT2D eigenvalue weighted by molar-refractivity contribution is 0.365. The maximum Gasteiger partial charge on any atom is 0.246 e. The summed E-state index contributed by atoms with van der Waals surface area (Å²) in [6.07, 6.45) is 0. The lowest BCUT2D eigenvalue weighted by Gasteiger charge is -2.06. The van der Waals surface area contributed by atoms with Crippen molar-refractivity contribution in [1.29, 1.82) is 0 Å². The van der Waals surface area contributed by atoms with Crippen LogP contribution in [0.5, 0.6) is 0 Å². The van der Waals surface area contributed by atoms with Crippen LogP contribution in [0.3, 0.4) is 0 Å². The molecule has 0 fully saturated rings. The standard InChI is InChI=1S/C9H12ClN5O/c1-5(2)8-12-13-9(10)15(8)4-7-11-6(3)14-16-7/h5H,4H2,1-3H3. The molecule has 2 heterocycles. The molecule has 2 rings (SSSR count). The summed E-state index contributed by atoms with van der Waals surface area (Å²) in [5, 5.41) is 11.9. The monoisotopic (exact) mass is 241 g/mol. The molecule has 7 heteroatoms. The number of halogens is 1. The van der Waals surface area contributed by atoms with Crippen LogP contribution in [0.4, 0.5) is 0 Å². The molecule has 0 aliphatic carbocycles. The van der Waals surface area contributed by atoms with Crippen molar-refractivity contribution >= 4 is 11.6 Å². The molecule has 0 aliphatic rings. The number of rotatable bonds is 3. The fourth-order valence-corrected chi connectivity index (χ4v) is 1.59. The van der Waals surface area contributed by atoms with Crippen LogP contribution >= 0.6 is 11.6 Å². The molecule has 0 atom stereocenters. The summed E-state index contributed by atoms with van der Waals surface area (Å²) in [5.41, 5.74) is 0. The molecular formula is C9H12ClN5O. The van der Waals surface area contributed by atoms with Crippen molar-refractivity contribution in [2.24, 2.45) is 0 Å². The smallest absolute Gasteiger partial charge is 0.246 e. The van der Waals surface area contributed by atoms with Gasteiger partial charge in [0.1, 0.15) is 12.4 Å². The number of nitrogens with zero attached hydrogens (tertiary/aromatic N) is 5. The first-order chi connectivity index (χ1) is 7.58. The summed E-state index contributed by atoms with van der Waals surface area (Å²) < 4.78 is 6.79. The molecule has 0 unspecified atom stereocenters. The van der Waals surface area contributed by atoms with Crippen LogP contribution in [-0.4, -0.2) is 24.9 Å². The fourth-order valence-electron chi connectivity index (χ4n) is 1.41. The molecule has 0 radical (unpaired) electrons. The summed E-state index contributed by atoms with van der Waals surface area (Å²) >= 11 is 5.95. The van der Waals surface area contributed by atoms with E-state index >= 15 is 0 Å². The molecule has 0 saturated heterocycles. The van der Waals surface area contributed by atoms with Crippen LogP contribution in [-0.2, 0) is 6.54 Å². The molecule has 16 heavy (non-hydrogen) atoms. The van der Waals surface area contributed by atoms with Crippen molar-refractivity contribution in [3.8, 4) is 0 Å². The largest absolute Gasteiger partial charge is 0.337 e. The molecule has 0 aromatic carbocycles. The van der Waals surface area contributed by atoms with Gasteiger partial charge < -0.3 is 4.52 Å². The second-order valence-electron chi connectivity index (χ2n) is 3.80. The molecule has 86 valence electrons. The minimum atomic E-state index is 0.240. The van der Waals surface area contributed by atoms with Crippen LogP contribution in [0.2, 0.25) is 5.28 Å². The molecule has 0 aliphatic heterocycles. The highest BCUT2D eigenvalue weighted by molar-refractivity contribution is 6.28. The van der Waals surface area contributed by atoms with E-state index in [0.29, 0.717) is 23.5 Å². The van der Waals surface area contributed by atoms with Gasteiger partial charge in [0.05, 0.1) is 0 Å². The van der Waals surface area contributed by atoms with Gasteiger partial charge in [-0.05, 0) is 18.5 Å². The summed E-state index contributed by atoms with van der Waals surface area (Å²) in [7, 11) is 0. The van der Waals surface area contributed by atoms with E-state index in [1.165, 1.54) is 0 Å². The molecule has 0 amide bonds. The summed E-state index contributed by atoms with van der Waals surface area (Å²) in [4.78, 5) is 4.11. The zero-order valence-corrected chi connectivity index (χ0v) is 10.1. The van der Waals surface area contributed by atoms with E-state index in [2.05, 4.69) is 20.3 Å². The average molecular weight is 242 g/mol. The third kappa shape index (κ3) is 2.06. The highest BCUT2D eigenvalue weighted by Crippen LogP contribution is 2.17. The first-order valence-electron chi connectivity index (χ1n) is 4.95. The highest BCUT2D eigenvalue weighted by atomic mass is 35.5. The van der Waals surface area contributed by atoms with E-state index in [4.69, 9.17) is 16.1 Å². The quantitative estimate of drug-likeness (QED) is 0.820. The Balaban J connectivity index is 2.30. The van der Waals surface area contributed by atoms with Crippen molar-refractivity contribution in [2.45, 2.75) is 33.2 Å². The number of hydrogen-bond donors (Lipinski definition) is 0. The van der Waals surface area contributed by atoms with Gasteiger partial charge in [-0.1, -0.05) is 19.0 Å². The Morgan fingerprint density at radius 3 is 2.69 bits per heavy atom. The van der Waals surface area contributed by atoms with Crippen molar-refractivity contribution in [3.63, 3.8) is 0 Å². The minimum Gasteiger partial charge on any atom is -0.337 e. The minimum absolute atomic E-state index is 0.240. The zero-order valence-electron chi connectivity index (χ0n) is 9.31. The molecule has 0 bridgehead atoms. The van der Waals surface area contributed by atoms with Crippen LogP contribution in [0.1, 0.15) is 37.3 Å². The maximum absolute atomic E-state index is 5.95. The van der Waals surface area contributed by atoms with Gasteiger partial charge in [0, 0.05) is 5.92 Å². The van der Waals surface area contributed by atoms with Crippen LogP contribution < -0.4 is 0 Å². The molecule has 2 aromatic rings. The van der Waals surface area contributed by atoms with E-state index in [0.717, 1.165) is 5.82 Å². The lowest BCUT2D eigenvalue weighted by atomic mass is 10.2. The van der Waals surface area contributed by atoms with Gasteiger partial charge in [0.2, 0.25) is 11.2 Å². The third-order valence-corrected chi connectivity index (χ3v) is 2.39. The second-order valence-corrected chi connectivity index (χ2v) is 4.14. The Kier molecular flexibility index (Phi) is 2.91. The van der Waals surface area contributed by atoms with Crippen molar-refractivity contribution in [2.75, 3.05) is 0 Å². The topological polar surface area (TPSA) is 69.6 Å². The van der Waals surface area contributed by atoms with Gasteiger partial charge in [0.25, 0.3) is 0 Å². The second kappa shape index (κ2) is 4.21. The Morgan fingerprint density at radius 1 is 1.38 bits per heavy atom. The summed E-state index contributed by atoms with van der Waals surface area (Å²) in [6.45, 7) is 6.22. The number of hydrogen-bond acceptors (Lipinski definition) is 5. The van der Waals surface area contributed by atoms with Crippen LogP contribution in [0, 0.1) is 6.92 Å². The summed E-state index contributed by atoms with van der Waals surface area (Å²) in [5.74, 6) is 2.15. The molecule has 0 N–H and O–H groups in total. The molecule has 0 saturated carbocycles. The Labute approximate surface area is 97.6 Å². The molecule has 6 nitrogen and oxygen atoms in total. The Hall–Kier alpha value is -1.43. The number of aryl methyl sites for hydroxylation is 1. The average Bonchev–Trinajstić information content (AvgIpc) is 2.76. The van der Waals surface area contributed by atoms with E-state index in [-0.39, 0.29) is 5.92 Å². The first-order valence-corrected chi connectivity index (χ1v) is 5.33. The van der Waals surface area contributed by atoms with E-state index in [1.54, 1.807) is 11.5 Å². The predicted octanol–water partition coefficient (Wildman–Crippen LogP) is 1.79. The van der Waals surface area contributed by atoms with Crippen molar-refractivity contribution in [1.82, 2.24) is 24.9 Å². The lowest BCUT2D eigenvalue weighted by Crippen LogP contribution is -2.07. The third-order valence-electron chi connectivity index (χ3n) is 2.11. The zero-order chi connectivity index (χ0) is 11.7. The molecule has 0 spiro atoms. The molecular weight excluding hydrogens is 230 g/mol. The van der Waals surface area contributed by atoms with Gasteiger partial charge in [-0.2, -0.15) is 4.98 Å². The van der Waals surface area contributed by atoms with E-state index in [9.17, 15) is 0 Å². The normalized spacial score (nSPS) is 11.3. The van der Waals surface area contributed by atoms with E-state index in [1.807, 2.05) is 13.8 Å². The van der Waals surface area contributed by atoms with E-state index < -0.39 is 0 Å². The first kappa shape index (κ1) is 11.1. The van der Waals surface area contributed by atoms with Crippen LogP contribution in [0.15, 0.2) is 4.52 Å². The van der Waals surface area contributed by atoms with Gasteiger partial charge in [-0.25, -0.2) is 0 Å². The van der Waals surface area contributed by atoms with Crippen LogP contribution in [0.25, 0.3) is 0 Å². The summed E-state index contributed by atoms with van der Waals surface area (Å²) in [6, 6.07) is 0. The Morgan fingerprint density at radius 2 is 2.12 bits per heavy atom. The maximum atomic E-state index is 5.95. The number of aromatic nitrogens is 5. The van der Waals surface area contributed by atoms with Crippen molar-refractivity contribution < 1.29 is 4.52 Å². The Bertz CT molecular complexity index is 490. The van der Waals surface area contributed by atoms with Crippen molar-refractivity contribution in [3.05, 3.63) is 22.8 Å². The SMILES string of the molecule is Cc1noc(Cn2c(Cl)nnc2C(C)C)n1. The van der Waals surface area contributed by atoms with Gasteiger partial charge in [-0.15, -0.1) is 10.2 Å². The molecule has 2 aromatic heterocycles. The highest BCUT2D eigenvalue weighted by Gasteiger charge is 2.15. The van der Waals surface area contributed by atoms with Gasteiger partial charge in [-0.3, -0.25) is 4.57 Å².